The highest BCUT2D eigenvalue weighted by molar-refractivity contribution is 5.70. The fourth-order valence-electron chi connectivity index (χ4n) is 3.03. The number of benzene rings is 1. The van der Waals surface area contributed by atoms with E-state index in [1.165, 1.54) is 0 Å². The molecule has 0 spiro atoms. The number of hydrogen-bond donors (Lipinski definition) is 1. The molecular weight excluding hydrogens is 332 g/mol. The van der Waals surface area contributed by atoms with Crippen LogP contribution in [0, 0.1) is 6.92 Å². The van der Waals surface area contributed by atoms with Crippen LogP contribution in [0.1, 0.15) is 23.1 Å². The van der Waals surface area contributed by atoms with Crippen LogP contribution in [0.15, 0.2) is 42.6 Å². The van der Waals surface area contributed by atoms with E-state index in [1.54, 1.807) is 11.1 Å². The molecule has 0 bridgehead atoms. The largest absolute Gasteiger partial charge is 0.445 e. The van der Waals surface area contributed by atoms with E-state index >= 15 is 0 Å². The number of nitrogens with zero attached hydrogens (tertiary/aromatic N) is 3. The lowest BCUT2D eigenvalue weighted by atomic mass is 10.1. The van der Waals surface area contributed by atoms with Crippen LogP contribution >= 0.6 is 0 Å². The van der Waals surface area contributed by atoms with Crippen LogP contribution in [0.3, 0.4) is 0 Å². The minimum absolute atomic E-state index is 0.261. The first-order valence-electron chi connectivity index (χ1n) is 8.58. The maximum atomic E-state index is 12.4. The average molecular weight is 352 g/mol. The third-order valence-corrected chi connectivity index (χ3v) is 4.35. The number of carbonyl (C=O) groups excluding carboxylic acids is 1. The number of carbonyl (C=O) groups is 1. The first-order valence-corrected chi connectivity index (χ1v) is 8.58. The molecule has 26 heavy (non-hydrogen) atoms. The predicted octanol–water partition coefficient (Wildman–Crippen LogP) is 2.98. The van der Waals surface area contributed by atoms with Crippen molar-refractivity contribution in [3.8, 4) is 0 Å². The van der Waals surface area contributed by atoms with E-state index in [4.69, 9.17) is 9.47 Å². The minimum Gasteiger partial charge on any atom is -0.445 e. The van der Waals surface area contributed by atoms with Gasteiger partial charge in [0.25, 0.3) is 0 Å². The van der Waals surface area contributed by atoms with Crippen molar-refractivity contribution in [1.82, 2.24) is 19.9 Å². The molecule has 1 atom stereocenters. The standard InChI is InChI=1S/C19H20N4O3/c1-13-4-2-5-14(10-13)12-26-19(24)23-8-9-25-16(11-23)18-21-15-6-3-7-20-17(15)22-18/h2-7,10,16H,8-9,11-12H2,1H3,(H,20,21,22)/t16-/m0/s1. The predicted molar refractivity (Wildman–Crippen MR) is 95.5 cm³/mol. The molecule has 3 aromatic rings. The van der Waals surface area contributed by atoms with Crippen LogP contribution in [-0.4, -0.2) is 45.6 Å². The number of morpholine rings is 1. The molecule has 0 saturated carbocycles. The van der Waals surface area contributed by atoms with Crippen molar-refractivity contribution in [3.05, 3.63) is 59.5 Å². The summed E-state index contributed by atoms with van der Waals surface area (Å²) in [7, 11) is 0. The Kier molecular flexibility index (Phi) is 4.53. The van der Waals surface area contributed by atoms with Crippen molar-refractivity contribution in [2.24, 2.45) is 0 Å². The molecule has 1 fully saturated rings. The highest BCUT2D eigenvalue weighted by Gasteiger charge is 2.28. The van der Waals surface area contributed by atoms with E-state index in [2.05, 4.69) is 15.0 Å². The lowest BCUT2D eigenvalue weighted by molar-refractivity contribution is -0.0330. The monoisotopic (exact) mass is 352 g/mol. The van der Waals surface area contributed by atoms with Crippen LogP contribution in [0.5, 0.6) is 0 Å². The molecule has 7 heteroatoms. The van der Waals surface area contributed by atoms with Crippen molar-refractivity contribution < 1.29 is 14.3 Å². The van der Waals surface area contributed by atoms with E-state index in [1.807, 2.05) is 43.3 Å². The van der Waals surface area contributed by atoms with Crippen LogP contribution < -0.4 is 0 Å². The van der Waals surface area contributed by atoms with Gasteiger partial charge >= 0.3 is 6.09 Å². The summed E-state index contributed by atoms with van der Waals surface area (Å²) in [6, 6.07) is 11.7. The number of aromatic nitrogens is 3. The molecular formula is C19H20N4O3. The van der Waals surface area contributed by atoms with Crippen molar-refractivity contribution in [3.63, 3.8) is 0 Å². The number of fused-ring (bicyclic) bond motifs is 1. The van der Waals surface area contributed by atoms with Crippen molar-refractivity contribution in [2.75, 3.05) is 19.7 Å². The van der Waals surface area contributed by atoms with Gasteiger partial charge in [-0.2, -0.15) is 0 Å². The van der Waals surface area contributed by atoms with Crippen molar-refractivity contribution >= 4 is 17.3 Å². The summed E-state index contributed by atoms with van der Waals surface area (Å²) < 4.78 is 11.2. The molecule has 1 saturated heterocycles. The summed E-state index contributed by atoms with van der Waals surface area (Å²) in [5.41, 5.74) is 3.62. The normalized spacial score (nSPS) is 17.4. The second-order valence-electron chi connectivity index (χ2n) is 6.34. The second kappa shape index (κ2) is 7.13. The zero-order valence-corrected chi connectivity index (χ0v) is 14.5. The molecule has 134 valence electrons. The van der Waals surface area contributed by atoms with Crippen LogP contribution in [0.2, 0.25) is 0 Å². The number of rotatable bonds is 3. The maximum Gasteiger partial charge on any atom is 0.410 e. The third kappa shape index (κ3) is 3.52. The molecule has 0 aliphatic carbocycles. The highest BCUT2D eigenvalue weighted by Crippen LogP contribution is 2.22. The first kappa shape index (κ1) is 16.5. The van der Waals surface area contributed by atoms with Gasteiger partial charge in [-0.15, -0.1) is 0 Å². The second-order valence-corrected chi connectivity index (χ2v) is 6.34. The Morgan fingerprint density at radius 1 is 1.38 bits per heavy atom. The van der Waals surface area contributed by atoms with Gasteiger partial charge in [-0.3, -0.25) is 0 Å². The number of aryl methyl sites for hydroxylation is 1. The molecule has 1 aliphatic heterocycles. The van der Waals surface area contributed by atoms with Crippen LogP contribution in [0.4, 0.5) is 4.79 Å². The molecule has 1 N–H and O–H groups in total. The molecule has 1 aliphatic rings. The molecule has 4 rings (SSSR count). The Morgan fingerprint density at radius 3 is 3.15 bits per heavy atom. The Labute approximate surface area is 151 Å². The van der Waals surface area contributed by atoms with Crippen molar-refractivity contribution in [2.45, 2.75) is 19.6 Å². The fraction of sp³-hybridized carbons (Fsp3) is 0.316. The van der Waals surface area contributed by atoms with E-state index in [0.29, 0.717) is 31.2 Å². The van der Waals surface area contributed by atoms with Gasteiger partial charge in [0.1, 0.15) is 24.1 Å². The van der Waals surface area contributed by atoms with Gasteiger partial charge < -0.3 is 19.4 Å². The molecule has 1 aromatic carbocycles. The summed E-state index contributed by atoms with van der Waals surface area (Å²) in [6.45, 7) is 3.61. The summed E-state index contributed by atoms with van der Waals surface area (Å²) in [5.74, 6) is 0.676. The molecule has 0 radical (unpaired) electrons. The number of ether oxygens (including phenoxy) is 2. The number of imidazole rings is 1. The Bertz CT molecular complexity index is 891. The van der Waals surface area contributed by atoms with E-state index in [0.717, 1.165) is 16.6 Å². The van der Waals surface area contributed by atoms with Gasteiger partial charge in [0.2, 0.25) is 0 Å². The van der Waals surface area contributed by atoms with Gasteiger partial charge in [0, 0.05) is 12.7 Å². The molecule has 7 nitrogen and oxygen atoms in total. The number of nitrogens with one attached hydrogen (secondary N) is 1. The third-order valence-electron chi connectivity index (χ3n) is 4.35. The molecule has 1 amide bonds. The van der Waals surface area contributed by atoms with E-state index < -0.39 is 0 Å². The lowest BCUT2D eigenvalue weighted by Gasteiger charge is -2.31. The van der Waals surface area contributed by atoms with Crippen molar-refractivity contribution in [1.29, 1.82) is 0 Å². The maximum absolute atomic E-state index is 12.4. The quantitative estimate of drug-likeness (QED) is 0.784. The smallest absolute Gasteiger partial charge is 0.410 e. The summed E-state index contributed by atoms with van der Waals surface area (Å²) >= 11 is 0. The lowest BCUT2D eigenvalue weighted by Crippen LogP contribution is -2.42. The van der Waals surface area contributed by atoms with Crippen LogP contribution in [0.25, 0.3) is 11.2 Å². The average Bonchev–Trinajstić information content (AvgIpc) is 3.10. The Balaban J connectivity index is 1.40. The first-order chi connectivity index (χ1) is 12.7. The van der Waals surface area contributed by atoms with Gasteiger partial charge in [0.05, 0.1) is 13.2 Å². The van der Waals surface area contributed by atoms with Crippen LogP contribution in [-0.2, 0) is 16.1 Å². The van der Waals surface area contributed by atoms with Gasteiger partial charge in [-0.05, 0) is 24.6 Å². The van der Waals surface area contributed by atoms with Gasteiger partial charge in [-0.1, -0.05) is 29.8 Å². The number of aromatic amines is 1. The SMILES string of the molecule is Cc1cccc(COC(=O)N2CCO[C@H](c3nc4cccnc4[nH]3)C2)c1. The number of H-pyrrole nitrogens is 1. The minimum atomic E-state index is -0.339. The number of hydrogen-bond acceptors (Lipinski definition) is 5. The summed E-state index contributed by atoms with van der Waals surface area (Å²) in [5, 5.41) is 0. The summed E-state index contributed by atoms with van der Waals surface area (Å²) in [4.78, 5) is 26.0. The Hall–Kier alpha value is -2.93. The highest BCUT2D eigenvalue weighted by atomic mass is 16.6. The topological polar surface area (TPSA) is 80.3 Å². The van der Waals surface area contributed by atoms with Gasteiger partial charge in [0.15, 0.2) is 5.65 Å². The zero-order chi connectivity index (χ0) is 17.9. The zero-order valence-electron chi connectivity index (χ0n) is 14.5. The summed E-state index contributed by atoms with van der Waals surface area (Å²) in [6.07, 6.45) is 1.06. The fourth-order valence-corrected chi connectivity index (χ4v) is 3.03. The number of amides is 1. The van der Waals surface area contributed by atoms with E-state index in [-0.39, 0.29) is 18.8 Å². The number of pyridine rings is 1. The van der Waals surface area contributed by atoms with E-state index in [9.17, 15) is 4.79 Å². The van der Waals surface area contributed by atoms with Gasteiger partial charge in [-0.25, -0.2) is 14.8 Å². The molecule has 2 aromatic heterocycles. The Morgan fingerprint density at radius 2 is 2.31 bits per heavy atom. The molecule has 0 unspecified atom stereocenters. The molecule has 3 heterocycles.